The number of amides is 1. The number of rotatable bonds is 3. The van der Waals surface area contributed by atoms with E-state index in [-0.39, 0.29) is 5.91 Å². The Balaban J connectivity index is 2.40. The Kier molecular flexibility index (Phi) is 3.28. The van der Waals surface area contributed by atoms with Gasteiger partial charge in [-0.15, -0.1) is 0 Å². The summed E-state index contributed by atoms with van der Waals surface area (Å²) in [5.41, 5.74) is 6.98. The molecule has 0 saturated carbocycles. The molecular formula is C14H16N2O. The summed E-state index contributed by atoms with van der Waals surface area (Å²) < 4.78 is 0. The topological polar surface area (TPSA) is 55.1 Å². The average molecular weight is 228 g/mol. The number of anilines is 1. The molecular weight excluding hydrogens is 212 g/mol. The molecule has 0 unspecified atom stereocenters. The maximum Gasteiger partial charge on any atom is 0.253 e. The van der Waals surface area contributed by atoms with E-state index < -0.39 is 0 Å². The lowest BCUT2D eigenvalue weighted by molar-refractivity contribution is 0.0954. The lowest BCUT2D eigenvalue weighted by Gasteiger charge is -2.08. The van der Waals surface area contributed by atoms with Crippen LogP contribution in [0.4, 0.5) is 5.69 Å². The minimum atomic E-state index is -0.102. The highest BCUT2D eigenvalue weighted by molar-refractivity contribution is 6.03. The minimum Gasteiger partial charge on any atom is -0.398 e. The fourth-order valence-corrected chi connectivity index (χ4v) is 1.79. The summed E-state index contributed by atoms with van der Waals surface area (Å²) in [7, 11) is 0. The predicted molar refractivity (Wildman–Crippen MR) is 71.0 cm³/mol. The zero-order valence-electron chi connectivity index (χ0n) is 9.86. The summed E-state index contributed by atoms with van der Waals surface area (Å²) in [6.07, 6.45) is 0.916. The van der Waals surface area contributed by atoms with Gasteiger partial charge in [0.1, 0.15) is 0 Å². The van der Waals surface area contributed by atoms with E-state index in [0.29, 0.717) is 17.8 Å². The zero-order valence-corrected chi connectivity index (χ0v) is 9.86. The van der Waals surface area contributed by atoms with Crippen LogP contribution >= 0.6 is 0 Å². The highest BCUT2D eigenvalue weighted by Crippen LogP contribution is 2.21. The Hall–Kier alpha value is -2.03. The third kappa shape index (κ3) is 2.38. The number of hydrogen-bond acceptors (Lipinski definition) is 2. The second-order valence-electron chi connectivity index (χ2n) is 4.04. The Morgan fingerprint density at radius 1 is 1.24 bits per heavy atom. The van der Waals surface area contributed by atoms with Crippen LogP contribution in [0.5, 0.6) is 0 Å². The van der Waals surface area contributed by atoms with Crippen LogP contribution in [0.1, 0.15) is 23.7 Å². The largest absolute Gasteiger partial charge is 0.398 e. The average Bonchev–Trinajstić information content (AvgIpc) is 2.35. The summed E-state index contributed by atoms with van der Waals surface area (Å²) in [4.78, 5) is 11.9. The molecule has 88 valence electrons. The van der Waals surface area contributed by atoms with Crippen LogP contribution in [0.15, 0.2) is 36.4 Å². The van der Waals surface area contributed by atoms with E-state index in [4.69, 9.17) is 5.73 Å². The predicted octanol–water partition coefficient (Wildman–Crippen LogP) is 2.56. The van der Waals surface area contributed by atoms with Crippen molar-refractivity contribution in [3.63, 3.8) is 0 Å². The van der Waals surface area contributed by atoms with Crippen molar-refractivity contribution in [2.24, 2.45) is 0 Å². The molecule has 3 N–H and O–H groups in total. The molecule has 2 aromatic carbocycles. The highest BCUT2D eigenvalue weighted by Gasteiger charge is 2.09. The van der Waals surface area contributed by atoms with Gasteiger partial charge in [0, 0.05) is 12.2 Å². The molecule has 0 fully saturated rings. The van der Waals surface area contributed by atoms with E-state index in [1.54, 1.807) is 0 Å². The molecule has 3 heteroatoms. The van der Waals surface area contributed by atoms with Crippen LogP contribution in [0.2, 0.25) is 0 Å². The standard InChI is InChI=1S/C14H16N2O/c1-2-7-16-14(17)12-8-10-5-3-4-6-11(10)9-13(12)15/h3-6,8-9H,2,7,15H2,1H3,(H,16,17). The number of nitrogens with one attached hydrogen (secondary N) is 1. The first-order valence-electron chi connectivity index (χ1n) is 5.79. The lowest BCUT2D eigenvalue weighted by atomic mass is 10.0. The van der Waals surface area contributed by atoms with E-state index in [9.17, 15) is 4.79 Å². The molecule has 2 rings (SSSR count). The van der Waals surface area contributed by atoms with Crippen molar-refractivity contribution in [1.82, 2.24) is 5.32 Å². The van der Waals surface area contributed by atoms with Crippen molar-refractivity contribution in [3.05, 3.63) is 42.0 Å². The smallest absolute Gasteiger partial charge is 0.253 e. The number of nitrogens with two attached hydrogens (primary N) is 1. The molecule has 0 aliphatic rings. The van der Waals surface area contributed by atoms with E-state index in [1.165, 1.54) is 0 Å². The summed E-state index contributed by atoms with van der Waals surface area (Å²) in [6.45, 7) is 2.69. The van der Waals surface area contributed by atoms with Crippen molar-refractivity contribution in [3.8, 4) is 0 Å². The molecule has 1 amide bonds. The van der Waals surface area contributed by atoms with Gasteiger partial charge in [0.15, 0.2) is 0 Å². The quantitative estimate of drug-likeness (QED) is 0.793. The molecule has 0 radical (unpaired) electrons. The van der Waals surface area contributed by atoms with E-state index >= 15 is 0 Å². The number of hydrogen-bond donors (Lipinski definition) is 2. The van der Waals surface area contributed by atoms with Gasteiger partial charge >= 0.3 is 0 Å². The first-order chi connectivity index (χ1) is 8.22. The second-order valence-corrected chi connectivity index (χ2v) is 4.04. The van der Waals surface area contributed by atoms with Crippen LogP contribution in [-0.4, -0.2) is 12.5 Å². The third-order valence-corrected chi connectivity index (χ3v) is 2.70. The lowest BCUT2D eigenvalue weighted by Crippen LogP contribution is -2.24. The van der Waals surface area contributed by atoms with Crippen molar-refractivity contribution < 1.29 is 4.79 Å². The third-order valence-electron chi connectivity index (χ3n) is 2.70. The molecule has 2 aromatic rings. The minimum absolute atomic E-state index is 0.102. The van der Waals surface area contributed by atoms with Crippen LogP contribution in [0, 0.1) is 0 Å². The number of carbonyl (C=O) groups is 1. The van der Waals surface area contributed by atoms with Crippen LogP contribution in [0.3, 0.4) is 0 Å². The van der Waals surface area contributed by atoms with Gasteiger partial charge in [-0.3, -0.25) is 4.79 Å². The van der Waals surface area contributed by atoms with Gasteiger partial charge in [-0.05, 0) is 29.3 Å². The molecule has 3 nitrogen and oxygen atoms in total. The highest BCUT2D eigenvalue weighted by atomic mass is 16.1. The van der Waals surface area contributed by atoms with E-state index in [2.05, 4.69) is 5.32 Å². The number of nitrogen functional groups attached to an aromatic ring is 1. The van der Waals surface area contributed by atoms with Gasteiger partial charge < -0.3 is 11.1 Å². The van der Waals surface area contributed by atoms with Gasteiger partial charge in [0.2, 0.25) is 0 Å². The Labute approximate surface area is 101 Å². The molecule has 0 atom stereocenters. The first kappa shape index (κ1) is 11.5. The summed E-state index contributed by atoms with van der Waals surface area (Å²) in [5.74, 6) is -0.102. The monoisotopic (exact) mass is 228 g/mol. The number of benzene rings is 2. The normalized spacial score (nSPS) is 10.4. The van der Waals surface area contributed by atoms with E-state index in [0.717, 1.165) is 17.2 Å². The fraction of sp³-hybridized carbons (Fsp3) is 0.214. The summed E-state index contributed by atoms with van der Waals surface area (Å²) in [5, 5.41) is 4.92. The van der Waals surface area contributed by atoms with Crippen molar-refractivity contribution in [2.75, 3.05) is 12.3 Å². The molecule has 17 heavy (non-hydrogen) atoms. The van der Waals surface area contributed by atoms with Gasteiger partial charge in [0.05, 0.1) is 5.56 Å². The van der Waals surface area contributed by atoms with Crippen LogP contribution in [0.25, 0.3) is 10.8 Å². The number of carbonyl (C=O) groups excluding carboxylic acids is 1. The van der Waals surface area contributed by atoms with Crippen molar-refractivity contribution >= 4 is 22.4 Å². The van der Waals surface area contributed by atoms with Crippen molar-refractivity contribution in [2.45, 2.75) is 13.3 Å². The first-order valence-corrected chi connectivity index (χ1v) is 5.79. The second kappa shape index (κ2) is 4.87. The van der Waals surface area contributed by atoms with Crippen molar-refractivity contribution in [1.29, 1.82) is 0 Å². The van der Waals surface area contributed by atoms with Gasteiger partial charge in [-0.2, -0.15) is 0 Å². The maximum atomic E-state index is 11.9. The molecule has 0 aromatic heterocycles. The van der Waals surface area contributed by atoms with E-state index in [1.807, 2.05) is 43.3 Å². The summed E-state index contributed by atoms with van der Waals surface area (Å²) >= 11 is 0. The molecule has 0 aliphatic heterocycles. The Morgan fingerprint density at radius 2 is 1.88 bits per heavy atom. The molecule has 0 aliphatic carbocycles. The molecule has 0 bridgehead atoms. The van der Waals surface area contributed by atoms with Gasteiger partial charge in [0.25, 0.3) is 5.91 Å². The molecule has 0 heterocycles. The van der Waals surface area contributed by atoms with Crippen LogP contribution < -0.4 is 11.1 Å². The van der Waals surface area contributed by atoms with Gasteiger partial charge in [-0.1, -0.05) is 31.2 Å². The van der Waals surface area contributed by atoms with Gasteiger partial charge in [-0.25, -0.2) is 0 Å². The maximum absolute atomic E-state index is 11.9. The zero-order chi connectivity index (χ0) is 12.3. The fourth-order valence-electron chi connectivity index (χ4n) is 1.79. The SMILES string of the molecule is CCCNC(=O)c1cc2ccccc2cc1N. The van der Waals surface area contributed by atoms with Crippen LogP contribution in [-0.2, 0) is 0 Å². The summed E-state index contributed by atoms with van der Waals surface area (Å²) in [6, 6.07) is 11.6. The number of fused-ring (bicyclic) bond motifs is 1. The molecule has 0 spiro atoms. The Bertz CT molecular complexity index is 549. The molecule has 0 saturated heterocycles. The Morgan fingerprint density at radius 3 is 2.53 bits per heavy atom.